The average molecular weight is 256 g/mol. The van der Waals surface area contributed by atoms with E-state index in [9.17, 15) is 13.9 Å². The molecule has 0 heterocycles. The van der Waals surface area contributed by atoms with Crippen LogP contribution in [0.4, 0.5) is 8.78 Å². The van der Waals surface area contributed by atoms with Crippen LogP contribution in [0.15, 0.2) is 18.2 Å². The van der Waals surface area contributed by atoms with E-state index in [0.717, 1.165) is 31.7 Å². The average Bonchev–Trinajstić information content (AvgIpc) is 2.34. The number of aliphatic hydroxyl groups is 1. The zero-order chi connectivity index (χ0) is 13.5. The molecule has 0 fully saturated rings. The minimum absolute atomic E-state index is 0.169. The second-order valence-corrected chi connectivity index (χ2v) is 4.82. The predicted molar refractivity (Wildman–Crippen MR) is 69.4 cm³/mol. The fraction of sp³-hybridized carbons (Fsp3) is 0.600. The Bertz CT molecular complexity index is 360. The summed E-state index contributed by atoms with van der Waals surface area (Å²) >= 11 is 0. The van der Waals surface area contributed by atoms with Crippen LogP contribution in [0.1, 0.15) is 45.1 Å². The molecule has 3 heteroatoms. The van der Waals surface area contributed by atoms with Gasteiger partial charge in [0.2, 0.25) is 0 Å². The molecule has 1 aromatic rings. The maximum absolute atomic E-state index is 13.5. The van der Waals surface area contributed by atoms with Crippen LogP contribution in [0.25, 0.3) is 0 Å². The molecule has 0 amide bonds. The Kier molecular flexibility index (Phi) is 6.27. The summed E-state index contributed by atoms with van der Waals surface area (Å²) in [6, 6.07) is 4.12. The topological polar surface area (TPSA) is 20.2 Å². The standard InChI is InChI=1S/C15H22F2O/c1-3-6-11(7-4-2)14(18)10-12-8-5-9-13(16)15(12)17/h5,8-9,11,14,18H,3-4,6-7,10H2,1-2H3. The first-order valence-electron chi connectivity index (χ1n) is 6.71. The van der Waals surface area contributed by atoms with Gasteiger partial charge in [0.15, 0.2) is 11.6 Å². The zero-order valence-electron chi connectivity index (χ0n) is 11.1. The summed E-state index contributed by atoms with van der Waals surface area (Å²) in [5.41, 5.74) is 0.264. The molecule has 0 saturated carbocycles. The fourth-order valence-corrected chi connectivity index (χ4v) is 2.37. The third kappa shape index (κ3) is 4.05. The van der Waals surface area contributed by atoms with Gasteiger partial charge in [0, 0.05) is 6.42 Å². The number of rotatable bonds is 7. The Hall–Kier alpha value is -0.960. The molecule has 1 nitrogen and oxygen atoms in total. The van der Waals surface area contributed by atoms with Crippen molar-refractivity contribution in [1.82, 2.24) is 0 Å². The second kappa shape index (κ2) is 7.47. The van der Waals surface area contributed by atoms with Gasteiger partial charge in [-0.05, 0) is 30.4 Å². The van der Waals surface area contributed by atoms with Crippen molar-refractivity contribution in [1.29, 1.82) is 0 Å². The molecule has 1 rings (SSSR count). The molecule has 0 aromatic heterocycles. The van der Waals surface area contributed by atoms with Gasteiger partial charge >= 0.3 is 0 Å². The van der Waals surface area contributed by atoms with Crippen LogP contribution >= 0.6 is 0 Å². The van der Waals surface area contributed by atoms with Crippen LogP contribution in [-0.2, 0) is 6.42 Å². The highest BCUT2D eigenvalue weighted by atomic mass is 19.2. The van der Waals surface area contributed by atoms with E-state index in [4.69, 9.17) is 0 Å². The molecule has 1 N–H and O–H groups in total. The molecular formula is C15H22F2O. The van der Waals surface area contributed by atoms with Crippen molar-refractivity contribution in [2.45, 2.75) is 52.1 Å². The zero-order valence-corrected chi connectivity index (χ0v) is 11.1. The summed E-state index contributed by atoms with van der Waals surface area (Å²) in [7, 11) is 0. The van der Waals surface area contributed by atoms with Gasteiger partial charge in [-0.2, -0.15) is 0 Å². The first-order valence-corrected chi connectivity index (χ1v) is 6.71. The molecule has 18 heavy (non-hydrogen) atoms. The lowest BCUT2D eigenvalue weighted by molar-refractivity contribution is 0.0953. The minimum atomic E-state index is -0.845. The molecule has 0 saturated heterocycles. The van der Waals surface area contributed by atoms with E-state index in [0.29, 0.717) is 0 Å². The van der Waals surface area contributed by atoms with Crippen LogP contribution in [0, 0.1) is 17.6 Å². The summed E-state index contributed by atoms with van der Waals surface area (Å²) < 4.78 is 26.6. The van der Waals surface area contributed by atoms with Gasteiger partial charge in [0.1, 0.15) is 0 Å². The van der Waals surface area contributed by atoms with Gasteiger partial charge in [-0.3, -0.25) is 0 Å². The maximum Gasteiger partial charge on any atom is 0.162 e. The van der Waals surface area contributed by atoms with E-state index >= 15 is 0 Å². The Balaban J connectivity index is 2.72. The Labute approximate surface area is 108 Å². The molecule has 0 aliphatic rings. The molecule has 0 radical (unpaired) electrons. The molecular weight excluding hydrogens is 234 g/mol. The monoisotopic (exact) mass is 256 g/mol. The first kappa shape index (κ1) is 15.1. The maximum atomic E-state index is 13.5. The van der Waals surface area contributed by atoms with Crippen molar-refractivity contribution in [3.8, 4) is 0 Å². The second-order valence-electron chi connectivity index (χ2n) is 4.82. The van der Waals surface area contributed by atoms with Crippen LogP contribution in [0.3, 0.4) is 0 Å². The van der Waals surface area contributed by atoms with Crippen LogP contribution in [0.2, 0.25) is 0 Å². The molecule has 0 aliphatic heterocycles. The van der Waals surface area contributed by atoms with E-state index in [1.54, 1.807) is 0 Å². The van der Waals surface area contributed by atoms with Crippen molar-refractivity contribution < 1.29 is 13.9 Å². The molecule has 1 unspecified atom stereocenters. The summed E-state index contributed by atoms with van der Waals surface area (Å²) in [5.74, 6) is -1.51. The third-order valence-corrected chi connectivity index (χ3v) is 3.32. The van der Waals surface area contributed by atoms with Gasteiger partial charge in [0.25, 0.3) is 0 Å². The normalized spacial score (nSPS) is 13.0. The van der Waals surface area contributed by atoms with Gasteiger partial charge in [-0.25, -0.2) is 8.78 Å². The molecule has 0 bridgehead atoms. The first-order chi connectivity index (χ1) is 8.60. The summed E-state index contributed by atoms with van der Waals surface area (Å²) in [6.07, 6.45) is 3.42. The summed E-state index contributed by atoms with van der Waals surface area (Å²) in [5, 5.41) is 10.2. The lowest BCUT2D eigenvalue weighted by atomic mass is 9.88. The van der Waals surface area contributed by atoms with E-state index in [2.05, 4.69) is 13.8 Å². The highest BCUT2D eigenvalue weighted by molar-refractivity contribution is 5.19. The van der Waals surface area contributed by atoms with E-state index in [1.807, 2.05) is 0 Å². The van der Waals surface area contributed by atoms with Crippen molar-refractivity contribution in [3.63, 3.8) is 0 Å². The molecule has 1 atom stereocenters. The van der Waals surface area contributed by atoms with Crippen molar-refractivity contribution in [2.75, 3.05) is 0 Å². The molecule has 102 valence electrons. The smallest absolute Gasteiger partial charge is 0.162 e. The summed E-state index contributed by atoms with van der Waals surface area (Å²) in [6.45, 7) is 4.14. The molecule has 0 spiro atoms. The Morgan fingerprint density at radius 2 is 1.72 bits per heavy atom. The van der Waals surface area contributed by atoms with Gasteiger partial charge in [-0.1, -0.05) is 38.8 Å². The van der Waals surface area contributed by atoms with Crippen molar-refractivity contribution in [2.24, 2.45) is 5.92 Å². The Morgan fingerprint density at radius 3 is 2.28 bits per heavy atom. The predicted octanol–water partition coefficient (Wildman–Crippen LogP) is 4.08. The molecule has 1 aromatic carbocycles. The third-order valence-electron chi connectivity index (χ3n) is 3.32. The number of halogens is 2. The lowest BCUT2D eigenvalue weighted by Gasteiger charge is -2.22. The SMILES string of the molecule is CCCC(CCC)C(O)Cc1cccc(F)c1F. The number of benzene rings is 1. The van der Waals surface area contributed by atoms with E-state index < -0.39 is 17.7 Å². The van der Waals surface area contributed by atoms with Gasteiger partial charge < -0.3 is 5.11 Å². The van der Waals surface area contributed by atoms with Crippen LogP contribution in [-0.4, -0.2) is 11.2 Å². The quantitative estimate of drug-likeness (QED) is 0.779. The number of hydrogen-bond acceptors (Lipinski definition) is 1. The largest absolute Gasteiger partial charge is 0.392 e. The highest BCUT2D eigenvalue weighted by Gasteiger charge is 2.20. The Morgan fingerprint density at radius 1 is 1.11 bits per heavy atom. The van der Waals surface area contributed by atoms with Crippen molar-refractivity contribution in [3.05, 3.63) is 35.4 Å². The van der Waals surface area contributed by atoms with Crippen LogP contribution in [0.5, 0.6) is 0 Å². The van der Waals surface area contributed by atoms with Gasteiger partial charge in [-0.15, -0.1) is 0 Å². The summed E-state index contributed by atoms with van der Waals surface area (Å²) in [4.78, 5) is 0. The minimum Gasteiger partial charge on any atom is -0.392 e. The number of hydrogen-bond donors (Lipinski definition) is 1. The van der Waals surface area contributed by atoms with Crippen molar-refractivity contribution >= 4 is 0 Å². The van der Waals surface area contributed by atoms with E-state index in [1.165, 1.54) is 12.1 Å². The lowest BCUT2D eigenvalue weighted by Crippen LogP contribution is -2.23. The molecule has 0 aliphatic carbocycles. The van der Waals surface area contributed by atoms with Crippen LogP contribution < -0.4 is 0 Å². The van der Waals surface area contributed by atoms with Gasteiger partial charge in [0.05, 0.1) is 6.10 Å². The number of aliphatic hydroxyl groups excluding tert-OH is 1. The fourth-order valence-electron chi connectivity index (χ4n) is 2.37. The highest BCUT2D eigenvalue weighted by Crippen LogP contribution is 2.22. The van der Waals surface area contributed by atoms with E-state index in [-0.39, 0.29) is 17.9 Å².